The molecule has 0 saturated carbocycles. The molecule has 20 heavy (non-hydrogen) atoms. The van der Waals surface area contributed by atoms with Crippen LogP contribution in [0.4, 0.5) is 5.69 Å². The second-order valence-corrected chi connectivity index (χ2v) is 5.40. The van der Waals surface area contributed by atoms with Gasteiger partial charge in [0.1, 0.15) is 5.75 Å². The van der Waals surface area contributed by atoms with Crippen LogP contribution >= 0.6 is 0 Å². The summed E-state index contributed by atoms with van der Waals surface area (Å²) in [6.45, 7) is 3.68. The molecule has 5 nitrogen and oxygen atoms in total. The summed E-state index contributed by atoms with van der Waals surface area (Å²) >= 11 is 0. The molecule has 1 saturated heterocycles. The summed E-state index contributed by atoms with van der Waals surface area (Å²) in [5.41, 5.74) is 6.10. The number of hydrogen-bond donors (Lipinski definition) is 2. The number of nitrogens with two attached hydrogens (primary N) is 1. The zero-order valence-electron chi connectivity index (χ0n) is 11.9. The molecule has 110 valence electrons. The molecule has 1 aliphatic rings. The number of para-hydroxylation sites is 2. The van der Waals surface area contributed by atoms with E-state index in [-0.39, 0.29) is 11.4 Å². The lowest BCUT2D eigenvalue weighted by atomic mass is 9.95. The number of carbonyl (C=O) groups excluding carboxylic acids is 1. The summed E-state index contributed by atoms with van der Waals surface area (Å²) in [5.74, 6) is 0.597. The average molecular weight is 278 g/mol. The van der Waals surface area contributed by atoms with Gasteiger partial charge in [0.25, 0.3) is 0 Å². The Bertz CT molecular complexity index is 456. The van der Waals surface area contributed by atoms with Crippen LogP contribution in [0.25, 0.3) is 0 Å². The Morgan fingerprint density at radius 3 is 3.00 bits per heavy atom. The largest absolute Gasteiger partial charge is 0.491 e. The molecule has 0 bridgehead atoms. The minimum Gasteiger partial charge on any atom is -0.491 e. The third-order valence-electron chi connectivity index (χ3n) is 3.38. The van der Waals surface area contributed by atoms with Gasteiger partial charge in [-0.2, -0.15) is 0 Å². The summed E-state index contributed by atoms with van der Waals surface area (Å²) in [4.78, 5) is 11.9. The summed E-state index contributed by atoms with van der Waals surface area (Å²) in [7, 11) is 0. The van der Waals surface area contributed by atoms with Crippen LogP contribution < -0.4 is 15.8 Å². The number of ether oxygens (including phenoxy) is 2. The minimum absolute atomic E-state index is 0.0208. The number of benzene rings is 1. The van der Waals surface area contributed by atoms with E-state index >= 15 is 0 Å². The van der Waals surface area contributed by atoms with Crippen LogP contribution in [-0.4, -0.2) is 31.3 Å². The SMILES string of the molecule is CC1(NC(=O)CCOc2ccccc2N)CCCOC1. The molecule has 5 heteroatoms. The fourth-order valence-electron chi connectivity index (χ4n) is 2.30. The van der Waals surface area contributed by atoms with Crippen molar-refractivity contribution in [1.29, 1.82) is 0 Å². The third-order valence-corrected chi connectivity index (χ3v) is 3.38. The van der Waals surface area contributed by atoms with Gasteiger partial charge < -0.3 is 20.5 Å². The first-order chi connectivity index (χ1) is 9.59. The van der Waals surface area contributed by atoms with E-state index in [4.69, 9.17) is 15.2 Å². The second-order valence-electron chi connectivity index (χ2n) is 5.40. The van der Waals surface area contributed by atoms with E-state index in [0.717, 1.165) is 19.4 Å². The molecule has 2 rings (SSSR count). The Kier molecular flexibility index (Phi) is 4.84. The number of nitrogen functional groups attached to an aromatic ring is 1. The lowest BCUT2D eigenvalue weighted by Crippen LogP contribution is -2.51. The van der Waals surface area contributed by atoms with Crippen molar-refractivity contribution in [2.24, 2.45) is 0 Å². The predicted molar refractivity (Wildman–Crippen MR) is 77.6 cm³/mol. The molecular formula is C15H22N2O3. The summed E-state index contributed by atoms with van der Waals surface area (Å²) < 4.78 is 10.9. The van der Waals surface area contributed by atoms with Crippen molar-refractivity contribution in [3.8, 4) is 5.75 Å². The highest BCUT2D eigenvalue weighted by Crippen LogP contribution is 2.20. The summed E-state index contributed by atoms with van der Waals surface area (Å²) in [6, 6.07) is 7.27. The molecule has 0 spiro atoms. The maximum atomic E-state index is 11.9. The highest BCUT2D eigenvalue weighted by atomic mass is 16.5. The van der Waals surface area contributed by atoms with Crippen LogP contribution in [0.2, 0.25) is 0 Å². The highest BCUT2D eigenvalue weighted by Gasteiger charge is 2.28. The first kappa shape index (κ1) is 14.7. The molecule has 1 aromatic carbocycles. The van der Waals surface area contributed by atoms with Gasteiger partial charge in [-0.05, 0) is 31.9 Å². The predicted octanol–water partition coefficient (Wildman–Crippen LogP) is 1.72. The molecular weight excluding hydrogens is 256 g/mol. The first-order valence-electron chi connectivity index (χ1n) is 6.95. The first-order valence-corrected chi connectivity index (χ1v) is 6.95. The van der Waals surface area contributed by atoms with Crippen molar-refractivity contribution in [2.45, 2.75) is 31.7 Å². The molecule has 1 fully saturated rings. The molecule has 1 aromatic rings. The summed E-state index contributed by atoms with van der Waals surface area (Å²) in [5, 5.41) is 3.02. The Hall–Kier alpha value is -1.75. The Morgan fingerprint density at radius 1 is 1.50 bits per heavy atom. The van der Waals surface area contributed by atoms with E-state index in [1.54, 1.807) is 12.1 Å². The topological polar surface area (TPSA) is 73.6 Å². The van der Waals surface area contributed by atoms with Gasteiger partial charge in [-0.15, -0.1) is 0 Å². The van der Waals surface area contributed by atoms with Crippen molar-refractivity contribution in [3.63, 3.8) is 0 Å². The van der Waals surface area contributed by atoms with Gasteiger partial charge in [-0.3, -0.25) is 4.79 Å². The molecule has 3 N–H and O–H groups in total. The smallest absolute Gasteiger partial charge is 0.223 e. The van der Waals surface area contributed by atoms with Crippen LogP contribution in [0.15, 0.2) is 24.3 Å². The zero-order valence-corrected chi connectivity index (χ0v) is 11.9. The Morgan fingerprint density at radius 2 is 2.30 bits per heavy atom. The van der Waals surface area contributed by atoms with Gasteiger partial charge in [-0.1, -0.05) is 12.1 Å². The van der Waals surface area contributed by atoms with Crippen LogP contribution in [-0.2, 0) is 9.53 Å². The maximum Gasteiger partial charge on any atom is 0.223 e. The van der Waals surface area contributed by atoms with Crippen molar-refractivity contribution in [3.05, 3.63) is 24.3 Å². The normalized spacial score (nSPS) is 22.2. The van der Waals surface area contributed by atoms with E-state index in [2.05, 4.69) is 5.32 Å². The number of amides is 1. The second kappa shape index (κ2) is 6.61. The molecule has 0 radical (unpaired) electrons. The molecule has 1 atom stereocenters. The molecule has 1 heterocycles. The fraction of sp³-hybridized carbons (Fsp3) is 0.533. The zero-order chi connectivity index (χ0) is 14.4. The third kappa shape index (κ3) is 4.13. The number of carbonyl (C=O) groups is 1. The lowest BCUT2D eigenvalue weighted by molar-refractivity contribution is -0.125. The van der Waals surface area contributed by atoms with E-state index in [1.165, 1.54) is 0 Å². The Labute approximate surface area is 119 Å². The number of hydrogen-bond acceptors (Lipinski definition) is 4. The molecule has 1 amide bonds. The van der Waals surface area contributed by atoms with Gasteiger partial charge in [-0.25, -0.2) is 0 Å². The minimum atomic E-state index is -0.249. The van der Waals surface area contributed by atoms with Crippen molar-refractivity contribution >= 4 is 11.6 Å². The fourth-order valence-corrected chi connectivity index (χ4v) is 2.30. The molecule has 1 aliphatic heterocycles. The lowest BCUT2D eigenvalue weighted by Gasteiger charge is -2.34. The maximum absolute atomic E-state index is 11.9. The van der Waals surface area contributed by atoms with Gasteiger partial charge in [0.2, 0.25) is 5.91 Å². The van der Waals surface area contributed by atoms with Crippen molar-refractivity contribution in [1.82, 2.24) is 5.32 Å². The van der Waals surface area contributed by atoms with Gasteiger partial charge in [0, 0.05) is 6.61 Å². The van der Waals surface area contributed by atoms with E-state index in [9.17, 15) is 4.79 Å². The number of nitrogens with one attached hydrogen (secondary N) is 1. The van der Waals surface area contributed by atoms with Crippen molar-refractivity contribution in [2.75, 3.05) is 25.6 Å². The average Bonchev–Trinajstić information content (AvgIpc) is 2.41. The number of anilines is 1. The standard InChI is InChI=1S/C15H22N2O3/c1-15(8-4-9-19-11-15)17-14(18)7-10-20-13-6-3-2-5-12(13)16/h2-3,5-6H,4,7-11,16H2,1H3,(H,17,18). The Balaban J connectivity index is 1.74. The van der Waals surface area contributed by atoms with E-state index in [1.807, 2.05) is 19.1 Å². The number of rotatable bonds is 5. The van der Waals surface area contributed by atoms with Gasteiger partial charge in [0.15, 0.2) is 0 Å². The van der Waals surface area contributed by atoms with Crippen LogP contribution in [0.1, 0.15) is 26.2 Å². The van der Waals surface area contributed by atoms with E-state index in [0.29, 0.717) is 31.1 Å². The van der Waals surface area contributed by atoms with Crippen LogP contribution in [0.3, 0.4) is 0 Å². The van der Waals surface area contributed by atoms with Gasteiger partial charge >= 0.3 is 0 Å². The highest BCUT2D eigenvalue weighted by molar-refractivity contribution is 5.77. The summed E-state index contributed by atoms with van der Waals surface area (Å²) in [6.07, 6.45) is 2.24. The van der Waals surface area contributed by atoms with Crippen LogP contribution in [0.5, 0.6) is 5.75 Å². The molecule has 0 aromatic heterocycles. The van der Waals surface area contributed by atoms with E-state index < -0.39 is 0 Å². The monoisotopic (exact) mass is 278 g/mol. The quantitative estimate of drug-likeness (QED) is 0.804. The van der Waals surface area contributed by atoms with Crippen molar-refractivity contribution < 1.29 is 14.3 Å². The molecule has 0 aliphatic carbocycles. The van der Waals surface area contributed by atoms with Gasteiger partial charge in [0.05, 0.1) is 30.9 Å². The van der Waals surface area contributed by atoms with Crippen LogP contribution in [0, 0.1) is 0 Å². The molecule has 1 unspecified atom stereocenters.